The molecular weight excluding hydrogens is 272 g/mol. The molecule has 0 bridgehead atoms. The number of para-hydroxylation sites is 1. The van der Waals surface area contributed by atoms with Crippen molar-refractivity contribution in [1.82, 2.24) is 0 Å². The molecule has 5 heteroatoms. The van der Waals surface area contributed by atoms with E-state index in [2.05, 4.69) is 11.3 Å². The second kappa shape index (κ2) is 7.47. The number of hydrogen-bond acceptors (Lipinski definition) is 5. The van der Waals surface area contributed by atoms with Gasteiger partial charge in [0.05, 0.1) is 25.7 Å². The van der Waals surface area contributed by atoms with Gasteiger partial charge in [-0.1, -0.05) is 38.6 Å². The summed E-state index contributed by atoms with van der Waals surface area (Å²) in [6, 6.07) is 6.98. The van der Waals surface area contributed by atoms with Gasteiger partial charge in [-0.2, -0.15) is 0 Å². The zero-order chi connectivity index (χ0) is 16.0. The van der Waals surface area contributed by atoms with Crippen LogP contribution in [0, 0.1) is 5.92 Å². The Morgan fingerprint density at radius 1 is 1.14 bits per heavy atom. The fourth-order valence-electron chi connectivity index (χ4n) is 1.70. The molecule has 0 heterocycles. The smallest absolute Gasteiger partial charge is 0.337 e. The molecule has 1 rings (SSSR count). The highest BCUT2D eigenvalue weighted by molar-refractivity contribution is 5.90. The molecule has 0 fully saturated rings. The SMILES string of the molecule is C=C(C(=O)OC)[C@@H](OC(=O)C(C)C)c1ccccc1OC. The van der Waals surface area contributed by atoms with Gasteiger partial charge in [-0.25, -0.2) is 4.79 Å². The van der Waals surface area contributed by atoms with Gasteiger partial charge >= 0.3 is 11.9 Å². The highest BCUT2D eigenvalue weighted by Gasteiger charge is 2.28. The second-order valence-corrected chi connectivity index (χ2v) is 4.73. The summed E-state index contributed by atoms with van der Waals surface area (Å²) in [4.78, 5) is 23.6. The Morgan fingerprint density at radius 3 is 2.29 bits per heavy atom. The van der Waals surface area contributed by atoms with E-state index in [0.29, 0.717) is 11.3 Å². The third-order valence-corrected chi connectivity index (χ3v) is 2.89. The summed E-state index contributed by atoms with van der Waals surface area (Å²) in [6.07, 6.45) is -0.941. The Balaban J connectivity index is 3.21. The molecule has 1 atom stereocenters. The number of benzene rings is 1. The number of methoxy groups -OCH3 is 2. The lowest BCUT2D eigenvalue weighted by molar-refractivity contribution is -0.153. The van der Waals surface area contributed by atoms with E-state index in [1.54, 1.807) is 38.1 Å². The van der Waals surface area contributed by atoms with Crippen LogP contribution < -0.4 is 4.74 Å². The molecule has 0 radical (unpaired) electrons. The first-order valence-electron chi connectivity index (χ1n) is 6.52. The molecule has 0 N–H and O–H groups in total. The second-order valence-electron chi connectivity index (χ2n) is 4.73. The van der Waals surface area contributed by atoms with Crippen molar-refractivity contribution in [3.8, 4) is 5.75 Å². The highest BCUT2D eigenvalue weighted by atomic mass is 16.6. The largest absolute Gasteiger partial charge is 0.496 e. The summed E-state index contributed by atoms with van der Waals surface area (Å²) in [5.41, 5.74) is 0.584. The van der Waals surface area contributed by atoms with Crippen LogP contribution in [0.1, 0.15) is 25.5 Å². The fraction of sp³-hybridized carbons (Fsp3) is 0.375. The number of esters is 2. The minimum absolute atomic E-state index is 0.0380. The number of hydrogen-bond donors (Lipinski definition) is 0. The number of ether oxygens (including phenoxy) is 3. The molecule has 0 aromatic heterocycles. The zero-order valence-electron chi connectivity index (χ0n) is 12.7. The Kier molecular flexibility index (Phi) is 5.96. The van der Waals surface area contributed by atoms with Crippen LogP contribution in [0.15, 0.2) is 36.4 Å². The first-order chi connectivity index (χ1) is 9.92. The van der Waals surface area contributed by atoms with Gasteiger partial charge in [0, 0.05) is 5.56 Å². The summed E-state index contributed by atoms with van der Waals surface area (Å²) in [5, 5.41) is 0. The molecule has 0 aliphatic carbocycles. The average Bonchev–Trinajstić information content (AvgIpc) is 2.50. The van der Waals surface area contributed by atoms with Crippen molar-refractivity contribution in [3.63, 3.8) is 0 Å². The maximum Gasteiger partial charge on any atom is 0.337 e. The predicted octanol–water partition coefficient (Wildman–Crippen LogP) is 2.66. The van der Waals surface area contributed by atoms with Crippen LogP contribution in [0.2, 0.25) is 0 Å². The Bertz CT molecular complexity index is 533. The molecular formula is C16H20O5. The summed E-state index contributed by atoms with van der Waals surface area (Å²) in [7, 11) is 2.75. The van der Waals surface area contributed by atoms with Crippen molar-refractivity contribution in [2.24, 2.45) is 5.92 Å². The van der Waals surface area contributed by atoms with Crippen molar-refractivity contribution in [2.75, 3.05) is 14.2 Å². The van der Waals surface area contributed by atoms with Crippen molar-refractivity contribution in [3.05, 3.63) is 42.0 Å². The monoisotopic (exact) mass is 292 g/mol. The minimum atomic E-state index is -0.941. The van der Waals surface area contributed by atoms with Crippen molar-refractivity contribution in [1.29, 1.82) is 0 Å². The van der Waals surface area contributed by atoms with Gasteiger partial charge in [0.1, 0.15) is 5.75 Å². The van der Waals surface area contributed by atoms with Gasteiger partial charge in [-0.3, -0.25) is 4.79 Å². The molecule has 0 saturated carbocycles. The third kappa shape index (κ3) is 4.08. The van der Waals surface area contributed by atoms with Crippen LogP contribution in [-0.4, -0.2) is 26.2 Å². The Hall–Kier alpha value is -2.30. The number of carbonyl (C=O) groups excluding carboxylic acids is 2. The van der Waals surface area contributed by atoms with Gasteiger partial charge in [0.15, 0.2) is 6.10 Å². The molecule has 0 aliphatic rings. The van der Waals surface area contributed by atoms with E-state index < -0.39 is 18.0 Å². The van der Waals surface area contributed by atoms with Gasteiger partial charge in [-0.05, 0) is 6.07 Å². The van der Waals surface area contributed by atoms with E-state index in [1.807, 2.05) is 0 Å². The summed E-state index contributed by atoms with van der Waals surface area (Å²) in [5.74, 6) is -0.893. The normalized spacial score (nSPS) is 11.7. The van der Waals surface area contributed by atoms with E-state index in [0.717, 1.165) is 0 Å². The van der Waals surface area contributed by atoms with Gasteiger partial charge < -0.3 is 14.2 Å². The van der Waals surface area contributed by atoms with Crippen LogP contribution in [0.25, 0.3) is 0 Å². The lowest BCUT2D eigenvalue weighted by Gasteiger charge is -2.22. The maximum atomic E-state index is 11.9. The number of carbonyl (C=O) groups is 2. The molecule has 0 unspecified atom stereocenters. The van der Waals surface area contributed by atoms with E-state index >= 15 is 0 Å². The van der Waals surface area contributed by atoms with Crippen LogP contribution >= 0.6 is 0 Å². The van der Waals surface area contributed by atoms with Crippen molar-refractivity contribution >= 4 is 11.9 Å². The molecule has 21 heavy (non-hydrogen) atoms. The lowest BCUT2D eigenvalue weighted by atomic mass is 10.0. The quantitative estimate of drug-likeness (QED) is 0.596. The van der Waals surface area contributed by atoms with E-state index in [4.69, 9.17) is 9.47 Å². The first-order valence-corrected chi connectivity index (χ1v) is 6.52. The number of rotatable bonds is 6. The van der Waals surface area contributed by atoms with Crippen molar-refractivity contribution in [2.45, 2.75) is 20.0 Å². The van der Waals surface area contributed by atoms with E-state index in [9.17, 15) is 9.59 Å². The molecule has 0 saturated heterocycles. The lowest BCUT2D eigenvalue weighted by Crippen LogP contribution is -2.21. The molecule has 0 spiro atoms. The first kappa shape index (κ1) is 16.8. The summed E-state index contributed by atoms with van der Waals surface area (Å²) >= 11 is 0. The van der Waals surface area contributed by atoms with Crippen LogP contribution in [-0.2, 0) is 19.1 Å². The molecule has 114 valence electrons. The minimum Gasteiger partial charge on any atom is -0.496 e. The summed E-state index contributed by atoms with van der Waals surface area (Å²) in [6.45, 7) is 7.10. The Labute approximate surface area is 124 Å². The molecule has 0 aliphatic heterocycles. The van der Waals surface area contributed by atoms with Gasteiger partial charge in [0.25, 0.3) is 0 Å². The topological polar surface area (TPSA) is 61.8 Å². The standard InChI is InChI=1S/C16H20O5/c1-10(2)15(17)21-14(11(3)16(18)20-5)12-8-6-7-9-13(12)19-4/h6-10,14H,3H2,1-2,4-5H3/t14-/m1/s1. The van der Waals surface area contributed by atoms with E-state index in [1.165, 1.54) is 14.2 Å². The Morgan fingerprint density at radius 2 is 1.76 bits per heavy atom. The molecule has 5 nitrogen and oxygen atoms in total. The third-order valence-electron chi connectivity index (χ3n) is 2.89. The van der Waals surface area contributed by atoms with Crippen molar-refractivity contribution < 1.29 is 23.8 Å². The van der Waals surface area contributed by atoms with Crippen LogP contribution in [0.3, 0.4) is 0 Å². The maximum absolute atomic E-state index is 11.9. The van der Waals surface area contributed by atoms with Crippen LogP contribution in [0.5, 0.6) is 5.75 Å². The zero-order valence-corrected chi connectivity index (χ0v) is 12.7. The molecule has 0 amide bonds. The molecule has 1 aromatic carbocycles. The van der Waals surface area contributed by atoms with E-state index in [-0.39, 0.29) is 11.5 Å². The summed E-state index contributed by atoms with van der Waals surface area (Å²) < 4.78 is 15.3. The average molecular weight is 292 g/mol. The van der Waals surface area contributed by atoms with Gasteiger partial charge in [0.2, 0.25) is 0 Å². The highest BCUT2D eigenvalue weighted by Crippen LogP contribution is 2.33. The van der Waals surface area contributed by atoms with Crippen LogP contribution in [0.4, 0.5) is 0 Å². The predicted molar refractivity (Wildman–Crippen MR) is 77.8 cm³/mol. The molecule has 1 aromatic rings. The fourth-order valence-corrected chi connectivity index (χ4v) is 1.70. The van der Waals surface area contributed by atoms with Gasteiger partial charge in [-0.15, -0.1) is 0 Å².